The van der Waals surface area contributed by atoms with Crippen molar-refractivity contribution in [2.75, 3.05) is 0 Å². The Morgan fingerprint density at radius 3 is 2.18 bits per heavy atom. The van der Waals surface area contributed by atoms with Crippen LogP contribution in [0.5, 0.6) is 0 Å². The maximum Gasteiger partial charge on any atom is 0.164 e. The summed E-state index contributed by atoms with van der Waals surface area (Å²) in [5.74, 6) is 0.900. The topological polar surface area (TPSA) is 63.3 Å². The molecule has 0 amide bonds. The molecule has 4 nitrogen and oxygen atoms in total. The first-order valence-electron chi connectivity index (χ1n) is 19.8. The molecule has 55 heavy (non-hydrogen) atoms. The van der Waals surface area contributed by atoms with Crippen LogP contribution in [-0.2, 0) is 36.7 Å². The number of aromatic nitrogens is 1. The van der Waals surface area contributed by atoms with Gasteiger partial charge in [0.25, 0.3) is 0 Å². The number of carbonyl (C=O) groups is 1. The Balaban J connectivity index is 0.000000320. The summed E-state index contributed by atoms with van der Waals surface area (Å²) < 4.78 is 7.26. The molecule has 6 rings (SSSR count). The summed E-state index contributed by atoms with van der Waals surface area (Å²) in [6, 6.07) is 23.3. The summed E-state index contributed by atoms with van der Waals surface area (Å²) in [4.78, 5) is 18.4. The zero-order valence-corrected chi connectivity index (χ0v) is 38.2. The van der Waals surface area contributed by atoms with Gasteiger partial charge in [0.05, 0.1) is 0 Å². The Morgan fingerprint density at radius 1 is 0.909 bits per heavy atom. The van der Waals surface area contributed by atoms with Crippen LogP contribution in [0.3, 0.4) is 0 Å². The number of thiophene rings is 1. The summed E-state index contributed by atoms with van der Waals surface area (Å²) in [6.45, 7) is 25.7. The van der Waals surface area contributed by atoms with Crippen molar-refractivity contribution in [2.45, 2.75) is 121 Å². The molecule has 0 fully saturated rings. The second-order valence-electron chi connectivity index (χ2n) is 17.0. The number of aliphatic hydroxyl groups is 1. The van der Waals surface area contributed by atoms with E-state index in [1.807, 2.05) is 65.3 Å². The van der Waals surface area contributed by atoms with Crippen LogP contribution in [-0.4, -0.2) is 15.9 Å². The zero-order valence-electron chi connectivity index (χ0n) is 35.0. The Morgan fingerprint density at radius 2 is 1.56 bits per heavy atom. The molecule has 3 heterocycles. The van der Waals surface area contributed by atoms with E-state index in [4.69, 9.17) is 9.40 Å². The van der Waals surface area contributed by atoms with Crippen LogP contribution in [0.4, 0.5) is 0 Å². The monoisotopic (exact) mass is 935 g/mol. The van der Waals surface area contributed by atoms with Crippen molar-refractivity contribution < 1.29 is 34.4 Å². The Kier molecular flexibility index (Phi) is 14.2. The van der Waals surface area contributed by atoms with E-state index in [1.54, 1.807) is 0 Å². The number of ketones is 1. The molecule has 0 aliphatic carbocycles. The molecule has 0 spiro atoms. The number of nitrogens with zero attached hydrogens (tertiary/aromatic N) is 1. The SMILES string of the molecule is CCC(C)(CC)C(=O)/C=C(\O)C(C)(CC)CC.Cc1c(-c2coc3ccc(CC(C)C)cc23)sc2ccnc(-c3[c-]c4ccccc4c(C(C)(C)C)c3)c12.[Ir]. The molecule has 3 aromatic heterocycles. The fourth-order valence-corrected chi connectivity index (χ4v) is 8.39. The van der Waals surface area contributed by atoms with E-state index in [1.165, 1.54) is 54.1 Å². The molecule has 3 aromatic carbocycles. The van der Waals surface area contributed by atoms with Gasteiger partial charge >= 0.3 is 0 Å². The third kappa shape index (κ3) is 9.19. The first kappa shape index (κ1) is 44.1. The second-order valence-corrected chi connectivity index (χ2v) is 18.0. The average molecular weight is 935 g/mol. The molecule has 0 saturated carbocycles. The van der Waals surface area contributed by atoms with Crippen LogP contribution in [0.2, 0.25) is 0 Å². The van der Waals surface area contributed by atoms with Gasteiger partial charge in [0.1, 0.15) is 17.6 Å². The van der Waals surface area contributed by atoms with Gasteiger partial charge in [0.15, 0.2) is 5.78 Å². The van der Waals surface area contributed by atoms with Crippen LogP contribution in [0, 0.1) is 29.7 Å². The Hall–Kier alpha value is -3.57. The maximum absolute atomic E-state index is 12.2. The van der Waals surface area contributed by atoms with Gasteiger partial charge in [-0.25, -0.2) is 0 Å². The second kappa shape index (κ2) is 17.7. The zero-order chi connectivity index (χ0) is 39.6. The summed E-state index contributed by atoms with van der Waals surface area (Å²) in [5.41, 5.74) is 7.50. The number of allylic oxidation sites excluding steroid dienone is 2. The fourth-order valence-electron chi connectivity index (χ4n) is 7.16. The third-order valence-electron chi connectivity index (χ3n) is 11.8. The number of benzene rings is 3. The molecule has 0 aliphatic rings. The molecule has 6 heteroatoms. The number of hydrogen-bond acceptors (Lipinski definition) is 5. The van der Waals surface area contributed by atoms with Gasteiger partial charge in [-0.2, -0.15) is 0 Å². The van der Waals surface area contributed by atoms with E-state index in [0.717, 1.165) is 54.3 Å². The number of carbonyl (C=O) groups excluding carboxylic acids is 1. The molecule has 6 aromatic rings. The normalized spacial score (nSPS) is 12.6. The van der Waals surface area contributed by atoms with Gasteiger partial charge in [-0.1, -0.05) is 111 Å². The smallest absolute Gasteiger partial charge is 0.164 e. The predicted octanol–water partition coefficient (Wildman–Crippen LogP) is 14.8. The largest absolute Gasteiger partial charge is 0.512 e. The molecular weight excluding hydrogens is 875 g/mol. The number of pyridine rings is 1. The summed E-state index contributed by atoms with van der Waals surface area (Å²) >= 11 is 1.82. The van der Waals surface area contributed by atoms with Gasteiger partial charge in [-0.15, -0.1) is 40.5 Å². The van der Waals surface area contributed by atoms with Crippen molar-refractivity contribution in [1.82, 2.24) is 4.98 Å². The van der Waals surface area contributed by atoms with E-state index in [2.05, 4.69) is 102 Å². The number of furan rings is 1. The summed E-state index contributed by atoms with van der Waals surface area (Å²) in [6.07, 6.45) is 9.68. The van der Waals surface area contributed by atoms with Crippen LogP contribution in [0.1, 0.15) is 119 Å². The quantitative estimate of drug-likeness (QED) is 0.0799. The van der Waals surface area contributed by atoms with Gasteiger partial charge in [-0.3, -0.25) is 9.78 Å². The average Bonchev–Trinajstić information content (AvgIpc) is 3.72. The van der Waals surface area contributed by atoms with E-state index >= 15 is 0 Å². The number of rotatable bonds is 11. The van der Waals surface area contributed by atoms with Crippen molar-refractivity contribution in [3.05, 3.63) is 102 Å². The molecule has 0 aliphatic heterocycles. The molecule has 0 atom stereocenters. The van der Waals surface area contributed by atoms with Crippen molar-refractivity contribution in [3.63, 3.8) is 0 Å². The fraction of sp³-hybridized carbons (Fsp3) is 0.429. The van der Waals surface area contributed by atoms with Crippen molar-refractivity contribution in [2.24, 2.45) is 16.7 Å². The minimum atomic E-state index is -0.337. The van der Waals surface area contributed by atoms with E-state index in [9.17, 15) is 9.90 Å². The predicted molar refractivity (Wildman–Crippen MR) is 232 cm³/mol. The van der Waals surface area contributed by atoms with Gasteiger partial charge in [0.2, 0.25) is 0 Å². The van der Waals surface area contributed by atoms with Crippen LogP contribution in [0.15, 0.2) is 83.3 Å². The van der Waals surface area contributed by atoms with Gasteiger partial charge in [-0.05, 0) is 85.1 Å². The molecule has 1 radical (unpaired) electrons. The molecule has 0 unspecified atom stereocenters. The van der Waals surface area contributed by atoms with Gasteiger partial charge < -0.3 is 9.52 Å². The summed E-state index contributed by atoms with van der Waals surface area (Å²) in [7, 11) is 0. The Bertz CT molecular complexity index is 2290. The standard InChI is InChI=1S/C34H32NOS.C15H28O2.Ir/c1-20(2)15-22-11-12-29-26(16-22)27(19-36-29)33-21(3)31-30(37-33)13-14-35-32(31)24-17-23-9-7-8-10-25(23)28(18-24)34(4,5)6;1-7-14(5,8-2)12(16)11-13(17)15(6,9-3)10-4;/h7-14,16,18-20H,15H2,1-6H3;11,16H,7-10H2,1-6H3;/q-1;;/b;12-11-;. The van der Waals surface area contributed by atoms with E-state index < -0.39 is 0 Å². The van der Waals surface area contributed by atoms with Crippen LogP contribution < -0.4 is 0 Å². The number of aryl methyl sites for hydroxylation is 1. The minimum Gasteiger partial charge on any atom is -0.512 e. The molecular formula is C49H60IrNO3S-. The molecule has 1 N–H and O–H groups in total. The number of fused-ring (bicyclic) bond motifs is 3. The van der Waals surface area contributed by atoms with Crippen molar-refractivity contribution >= 4 is 48.9 Å². The van der Waals surface area contributed by atoms with E-state index in [0.29, 0.717) is 5.92 Å². The minimum absolute atomic E-state index is 0. The van der Waals surface area contributed by atoms with Gasteiger partial charge in [0, 0.05) is 69.4 Å². The third-order valence-corrected chi connectivity index (χ3v) is 13.1. The van der Waals surface area contributed by atoms with E-state index in [-0.39, 0.29) is 47.9 Å². The number of hydrogen-bond donors (Lipinski definition) is 1. The number of aliphatic hydroxyl groups excluding tert-OH is 1. The van der Waals surface area contributed by atoms with Crippen LogP contribution in [0.25, 0.3) is 53.5 Å². The maximum atomic E-state index is 12.2. The first-order valence-corrected chi connectivity index (χ1v) is 20.6. The molecule has 0 saturated heterocycles. The molecule has 0 bridgehead atoms. The molecule has 295 valence electrons. The van der Waals surface area contributed by atoms with Crippen molar-refractivity contribution in [1.29, 1.82) is 0 Å². The first-order chi connectivity index (χ1) is 25.5. The Labute approximate surface area is 347 Å². The van der Waals surface area contributed by atoms with Crippen LogP contribution >= 0.6 is 11.3 Å². The van der Waals surface area contributed by atoms with Crippen molar-refractivity contribution in [3.8, 4) is 21.7 Å². The summed E-state index contributed by atoms with van der Waals surface area (Å²) in [5, 5.41) is 14.9.